The fraction of sp³-hybridized carbons (Fsp3) is 0.314. The molecule has 0 unspecified atom stereocenters. The zero-order valence-corrected chi connectivity index (χ0v) is 21.0. The van der Waals surface area contributed by atoms with E-state index in [0.29, 0.717) is 5.41 Å². The highest BCUT2D eigenvalue weighted by Crippen LogP contribution is 2.60. The average Bonchev–Trinajstić information content (AvgIpc) is 3.26. The topological polar surface area (TPSA) is 13.1 Å². The molecule has 4 aliphatic rings. The average molecular weight is 469 g/mol. The molecule has 0 aliphatic heterocycles. The van der Waals surface area contributed by atoms with E-state index in [1.54, 1.807) is 5.56 Å². The van der Waals surface area contributed by atoms with Crippen molar-refractivity contribution in [3.05, 3.63) is 96.1 Å². The molecule has 0 spiro atoms. The molecule has 1 aromatic heterocycles. The molecule has 9 rings (SSSR count). The number of fused-ring (bicyclic) bond motifs is 3. The van der Waals surface area contributed by atoms with Crippen molar-refractivity contribution in [2.45, 2.75) is 50.9 Å². The maximum atomic E-state index is 6.06. The quantitative estimate of drug-likeness (QED) is 0.257. The summed E-state index contributed by atoms with van der Waals surface area (Å²) in [5.74, 6) is 2.96. The van der Waals surface area contributed by atoms with Crippen LogP contribution >= 0.6 is 0 Å². The van der Waals surface area contributed by atoms with Crippen LogP contribution in [-0.4, -0.2) is 0 Å². The van der Waals surface area contributed by atoms with E-state index in [1.807, 2.05) is 12.1 Å². The normalized spacial score (nSPS) is 26.8. The monoisotopic (exact) mass is 468 g/mol. The summed E-state index contributed by atoms with van der Waals surface area (Å²) in [6.45, 7) is 2.21. The van der Waals surface area contributed by atoms with Crippen LogP contribution in [0.1, 0.15) is 49.7 Å². The fourth-order valence-corrected chi connectivity index (χ4v) is 8.50. The van der Waals surface area contributed by atoms with Gasteiger partial charge in [-0.25, -0.2) is 0 Å². The summed E-state index contributed by atoms with van der Waals surface area (Å²) in [5, 5.41) is 2.37. The minimum atomic E-state index is 0.466. The molecule has 4 bridgehead atoms. The molecule has 36 heavy (non-hydrogen) atoms. The predicted octanol–water partition coefficient (Wildman–Crippen LogP) is 9.70. The zero-order valence-electron chi connectivity index (χ0n) is 21.0. The molecule has 1 heteroatoms. The van der Waals surface area contributed by atoms with E-state index in [9.17, 15) is 0 Å². The molecular weight excluding hydrogens is 436 g/mol. The molecule has 4 saturated carbocycles. The van der Waals surface area contributed by atoms with Crippen molar-refractivity contribution in [2.24, 2.45) is 17.8 Å². The largest absolute Gasteiger partial charge is 0.456 e. The number of hydrogen-bond donors (Lipinski definition) is 0. The molecule has 1 nitrogen and oxygen atoms in total. The van der Waals surface area contributed by atoms with Crippen LogP contribution in [0.5, 0.6) is 0 Å². The van der Waals surface area contributed by atoms with Gasteiger partial charge >= 0.3 is 0 Å². The standard InChI is InChI=1S/C35H32O/c1-22-12-28(17-29(13-22)27-8-11-34-32(18-27)31-4-2-3-5-33(31)36-34)26-6-9-30(10-7-26)35-19-23-14-24(20-35)16-25(15-23)21-35/h2-13,17-18,23-25H,14-16,19-21H2,1H3. The van der Waals surface area contributed by atoms with Crippen LogP contribution < -0.4 is 0 Å². The lowest BCUT2D eigenvalue weighted by atomic mass is 9.48. The van der Waals surface area contributed by atoms with Crippen LogP contribution in [0.2, 0.25) is 0 Å². The van der Waals surface area contributed by atoms with E-state index in [1.165, 1.54) is 77.1 Å². The summed E-state index contributed by atoms with van der Waals surface area (Å²) < 4.78 is 6.06. The molecule has 4 aliphatic carbocycles. The van der Waals surface area contributed by atoms with Gasteiger partial charge in [-0.1, -0.05) is 60.7 Å². The highest BCUT2D eigenvalue weighted by atomic mass is 16.3. The number of rotatable bonds is 3. The molecule has 4 fully saturated rings. The van der Waals surface area contributed by atoms with E-state index in [4.69, 9.17) is 4.42 Å². The van der Waals surface area contributed by atoms with Crippen molar-refractivity contribution in [2.75, 3.05) is 0 Å². The second kappa shape index (κ2) is 7.59. The minimum absolute atomic E-state index is 0.466. The summed E-state index contributed by atoms with van der Waals surface area (Å²) in [5.41, 5.74) is 10.4. The zero-order chi connectivity index (χ0) is 23.9. The van der Waals surface area contributed by atoms with E-state index in [2.05, 4.69) is 79.7 Å². The molecule has 0 atom stereocenters. The molecule has 0 N–H and O–H groups in total. The van der Waals surface area contributed by atoms with Gasteiger partial charge in [0.1, 0.15) is 11.2 Å². The van der Waals surface area contributed by atoms with E-state index in [0.717, 1.165) is 28.9 Å². The summed E-state index contributed by atoms with van der Waals surface area (Å²) in [4.78, 5) is 0. The van der Waals surface area contributed by atoms with Crippen molar-refractivity contribution in [1.29, 1.82) is 0 Å². The third kappa shape index (κ3) is 3.22. The third-order valence-electron chi connectivity index (χ3n) is 9.66. The van der Waals surface area contributed by atoms with Crippen LogP contribution in [0.25, 0.3) is 44.2 Å². The first kappa shape index (κ1) is 20.8. The molecule has 178 valence electrons. The van der Waals surface area contributed by atoms with Gasteiger partial charge in [0.05, 0.1) is 0 Å². The van der Waals surface area contributed by atoms with Gasteiger partial charge in [0, 0.05) is 10.8 Å². The van der Waals surface area contributed by atoms with Gasteiger partial charge in [-0.2, -0.15) is 0 Å². The maximum absolute atomic E-state index is 6.06. The van der Waals surface area contributed by atoms with Gasteiger partial charge in [-0.05, 0) is 126 Å². The van der Waals surface area contributed by atoms with Gasteiger partial charge in [0.25, 0.3) is 0 Å². The Bertz CT molecular complexity index is 1580. The third-order valence-corrected chi connectivity index (χ3v) is 9.66. The van der Waals surface area contributed by atoms with E-state index in [-0.39, 0.29) is 0 Å². The number of hydrogen-bond acceptors (Lipinski definition) is 1. The maximum Gasteiger partial charge on any atom is 0.135 e. The van der Waals surface area contributed by atoms with Crippen molar-refractivity contribution in [1.82, 2.24) is 0 Å². The Morgan fingerprint density at radius 2 is 1.19 bits per heavy atom. The first-order valence-electron chi connectivity index (χ1n) is 13.8. The molecule has 1 heterocycles. The number of benzene rings is 4. The van der Waals surface area contributed by atoms with Crippen molar-refractivity contribution in [3.63, 3.8) is 0 Å². The first-order chi connectivity index (χ1) is 17.6. The summed E-state index contributed by atoms with van der Waals surface area (Å²) in [6, 6.07) is 31.6. The van der Waals surface area contributed by atoms with Gasteiger partial charge < -0.3 is 4.42 Å². The second-order valence-corrected chi connectivity index (χ2v) is 12.2. The Morgan fingerprint density at radius 3 is 1.92 bits per heavy atom. The highest BCUT2D eigenvalue weighted by molar-refractivity contribution is 6.06. The molecule has 0 radical (unpaired) electrons. The second-order valence-electron chi connectivity index (χ2n) is 12.2. The summed E-state index contributed by atoms with van der Waals surface area (Å²) in [7, 11) is 0. The van der Waals surface area contributed by atoms with Crippen molar-refractivity contribution >= 4 is 21.9 Å². The first-order valence-corrected chi connectivity index (χ1v) is 13.8. The molecular formula is C35H32O. The lowest BCUT2D eigenvalue weighted by Gasteiger charge is -2.57. The van der Waals surface area contributed by atoms with Crippen LogP contribution in [0.3, 0.4) is 0 Å². The number of furan rings is 1. The van der Waals surface area contributed by atoms with Crippen LogP contribution in [-0.2, 0) is 5.41 Å². The molecule has 0 saturated heterocycles. The number of aryl methyl sites for hydroxylation is 1. The highest BCUT2D eigenvalue weighted by Gasteiger charge is 2.51. The van der Waals surface area contributed by atoms with Gasteiger partial charge in [0.15, 0.2) is 0 Å². The van der Waals surface area contributed by atoms with Crippen molar-refractivity contribution in [3.8, 4) is 22.3 Å². The Morgan fingerprint density at radius 1 is 0.583 bits per heavy atom. The Kier molecular flexibility index (Phi) is 4.39. The smallest absolute Gasteiger partial charge is 0.135 e. The minimum Gasteiger partial charge on any atom is -0.456 e. The van der Waals surface area contributed by atoms with Crippen molar-refractivity contribution < 1.29 is 4.42 Å². The summed E-state index contributed by atoms with van der Waals surface area (Å²) in [6.07, 6.45) is 8.80. The SMILES string of the molecule is Cc1cc(-c2ccc(C34CC5CC(CC(C5)C3)C4)cc2)cc(-c2ccc3oc4ccccc4c3c2)c1. The van der Waals surface area contributed by atoms with Gasteiger partial charge in [0.2, 0.25) is 0 Å². The van der Waals surface area contributed by atoms with Crippen LogP contribution in [0.15, 0.2) is 89.3 Å². The molecule has 5 aromatic rings. The van der Waals surface area contributed by atoms with E-state index >= 15 is 0 Å². The van der Waals surface area contributed by atoms with E-state index < -0.39 is 0 Å². The Hall–Kier alpha value is -3.32. The molecule has 0 amide bonds. The fourth-order valence-electron chi connectivity index (χ4n) is 8.50. The van der Waals surface area contributed by atoms with Crippen LogP contribution in [0.4, 0.5) is 0 Å². The lowest BCUT2D eigenvalue weighted by molar-refractivity contribution is -0.00518. The predicted molar refractivity (Wildman–Crippen MR) is 149 cm³/mol. The Labute approximate surface area is 213 Å². The number of para-hydroxylation sites is 1. The van der Waals surface area contributed by atoms with Gasteiger partial charge in [-0.15, -0.1) is 0 Å². The molecule has 4 aromatic carbocycles. The Balaban J connectivity index is 1.15. The lowest BCUT2D eigenvalue weighted by Crippen LogP contribution is -2.48. The summed E-state index contributed by atoms with van der Waals surface area (Å²) >= 11 is 0. The van der Waals surface area contributed by atoms with Crippen LogP contribution in [0, 0.1) is 24.7 Å². The van der Waals surface area contributed by atoms with Gasteiger partial charge in [-0.3, -0.25) is 0 Å².